The van der Waals surface area contributed by atoms with Crippen LogP contribution in [0, 0.1) is 11.3 Å². The second-order valence-corrected chi connectivity index (χ2v) is 4.05. The number of anilines is 1. The maximum atomic E-state index is 11.1. The van der Waals surface area contributed by atoms with E-state index in [1.54, 1.807) is 31.3 Å². The number of rotatable bonds is 2. The van der Waals surface area contributed by atoms with Gasteiger partial charge in [-0.2, -0.15) is 5.26 Å². The number of nitriles is 1. The lowest BCUT2D eigenvalue weighted by molar-refractivity contribution is 0.555. The van der Waals surface area contributed by atoms with E-state index in [-0.39, 0.29) is 5.69 Å². The zero-order valence-corrected chi connectivity index (χ0v) is 10.5. The Balaban J connectivity index is 2.19. The number of hydrogen-bond acceptors (Lipinski definition) is 6. The number of benzene rings is 1. The van der Waals surface area contributed by atoms with Crippen molar-refractivity contribution in [2.24, 2.45) is 0 Å². The summed E-state index contributed by atoms with van der Waals surface area (Å²) in [5.41, 5.74) is 1.97. The number of hydrogen-bond donors (Lipinski definition) is 2. The van der Waals surface area contributed by atoms with Gasteiger partial charge in [0.1, 0.15) is 17.6 Å². The SMILES string of the molecule is CNc1cc(C#N)nc(-c2ccc3oc(=O)[nH]c3c2)n1. The molecule has 0 spiro atoms. The first-order chi connectivity index (χ1) is 9.69. The van der Waals surface area contributed by atoms with Gasteiger partial charge in [0, 0.05) is 18.7 Å². The molecule has 0 bridgehead atoms. The molecule has 0 saturated carbocycles. The molecular weight excluding hydrogens is 258 g/mol. The number of nitrogens with one attached hydrogen (secondary N) is 2. The maximum Gasteiger partial charge on any atom is 0.417 e. The smallest absolute Gasteiger partial charge is 0.408 e. The van der Waals surface area contributed by atoms with Gasteiger partial charge in [-0.15, -0.1) is 0 Å². The molecule has 20 heavy (non-hydrogen) atoms. The molecule has 0 aliphatic heterocycles. The molecule has 2 aromatic heterocycles. The molecule has 3 rings (SSSR count). The Kier molecular flexibility index (Phi) is 2.69. The Morgan fingerprint density at radius 1 is 1.35 bits per heavy atom. The van der Waals surface area contributed by atoms with E-state index in [1.165, 1.54) is 0 Å². The van der Waals surface area contributed by atoms with Crippen LogP contribution in [0.15, 0.2) is 33.5 Å². The Hall–Kier alpha value is -3.14. The average Bonchev–Trinajstić information content (AvgIpc) is 2.85. The Morgan fingerprint density at radius 3 is 2.95 bits per heavy atom. The third-order valence-corrected chi connectivity index (χ3v) is 2.77. The van der Waals surface area contributed by atoms with Gasteiger partial charge in [0.2, 0.25) is 0 Å². The molecule has 3 aromatic rings. The number of aromatic nitrogens is 3. The number of aromatic amines is 1. The molecule has 0 radical (unpaired) electrons. The van der Waals surface area contributed by atoms with Gasteiger partial charge in [0.25, 0.3) is 0 Å². The van der Waals surface area contributed by atoms with Crippen molar-refractivity contribution in [1.82, 2.24) is 15.0 Å². The molecule has 0 aliphatic rings. The van der Waals surface area contributed by atoms with E-state index in [0.29, 0.717) is 28.3 Å². The van der Waals surface area contributed by atoms with Crippen LogP contribution in [0.3, 0.4) is 0 Å². The third-order valence-electron chi connectivity index (χ3n) is 2.77. The molecule has 7 nitrogen and oxygen atoms in total. The molecule has 0 fully saturated rings. The van der Waals surface area contributed by atoms with E-state index in [2.05, 4.69) is 20.3 Å². The van der Waals surface area contributed by atoms with Crippen LogP contribution in [0.4, 0.5) is 5.82 Å². The van der Waals surface area contributed by atoms with Crippen LogP contribution < -0.4 is 11.1 Å². The highest BCUT2D eigenvalue weighted by molar-refractivity contribution is 5.78. The van der Waals surface area contributed by atoms with Gasteiger partial charge in [-0.3, -0.25) is 4.98 Å². The lowest BCUT2D eigenvalue weighted by Gasteiger charge is -2.04. The van der Waals surface area contributed by atoms with Crippen molar-refractivity contribution in [1.29, 1.82) is 5.26 Å². The summed E-state index contributed by atoms with van der Waals surface area (Å²) < 4.78 is 4.93. The minimum Gasteiger partial charge on any atom is -0.408 e. The molecule has 1 aromatic carbocycles. The first-order valence-corrected chi connectivity index (χ1v) is 5.80. The molecule has 0 saturated heterocycles. The van der Waals surface area contributed by atoms with Crippen molar-refractivity contribution in [3.63, 3.8) is 0 Å². The van der Waals surface area contributed by atoms with E-state index in [1.807, 2.05) is 6.07 Å². The van der Waals surface area contributed by atoms with Crippen LogP contribution in [-0.4, -0.2) is 22.0 Å². The van der Waals surface area contributed by atoms with E-state index >= 15 is 0 Å². The molecule has 2 N–H and O–H groups in total. The van der Waals surface area contributed by atoms with Crippen molar-refractivity contribution < 1.29 is 4.42 Å². The molecule has 2 heterocycles. The van der Waals surface area contributed by atoms with Crippen molar-refractivity contribution in [2.45, 2.75) is 0 Å². The first kappa shape index (κ1) is 11.9. The summed E-state index contributed by atoms with van der Waals surface area (Å²) in [7, 11) is 1.71. The summed E-state index contributed by atoms with van der Waals surface area (Å²) in [6.45, 7) is 0. The first-order valence-electron chi connectivity index (χ1n) is 5.80. The van der Waals surface area contributed by atoms with Crippen molar-refractivity contribution in [3.05, 3.63) is 40.5 Å². The summed E-state index contributed by atoms with van der Waals surface area (Å²) in [6, 6.07) is 8.64. The summed E-state index contributed by atoms with van der Waals surface area (Å²) in [5.74, 6) is 0.435. The van der Waals surface area contributed by atoms with Crippen LogP contribution in [0.25, 0.3) is 22.5 Å². The lowest BCUT2D eigenvalue weighted by atomic mass is 10.2. The Bertz CT molecular complexity index is 888. The topological polar surface area (TPSA) is 108 Å². The molecule has 98 valence electrons. The van der Waals surface area contributed by atoms with Gasteiger partial charge in [0.05, 0.1) is 5.52 Å². The zero-order chi connectivity index (χ0) is 14.1. The summed E-state index contributed by atoms with van der Waals surface area (Å²) >= 11 is 0. The maximum absolute atomic E-state index is 11.1. The van der Waals surface area contributed by atoms with E-state index < -0.39 is 5.76 Å². The highest BCUT2D eigenvalue weighted by Crippen LogP contribution is 2.21. The highest BCUT2D eigenvalue weighted by Gasteiger charge is 2.09. The predicted molar refractivity (Wildman–Crippen MR) is 72.1 cm³/mol. The van der Waals surface area contributed by atoms with Crippen LogP contribution >= 0.6 is 0 Å². The summed E-state index contributed by atoms with van der Waals surface area (Å²) in [4.78, 5) is 22.1. The van der Waals surface area contributed by atoms with Crippen molar-refractivity contribution in [3.8, 4) is 17.5 Å². The summed E-state index contributed by atoms with van der Waals surface area (Å²) in [5, 5.41) is 11.8. The van der Waals surface area contributed by atoms with Gasteiger partial charge >= 0.3 is 5.76 Å². The van der Waals surface area contributed by atoms with E-state index in [0.717, 1.165) is 0 Å². The molecule has 0 amide bonds. The van der Waals surface area contributed by atoms with Crippen molar-refractivity contribution in [2.75, 3.05) is 12.4 Å². The number of fused-ring (bicyclic) bond motifs is 1. The minimum atomic E-state index is -0.514. The highest BCUT2D eigenvalue weighted by atomic mass is 16.4. The average molecular weight is 267 g/mol. The monoisotopic (exact) mass is 267 g/mol. The molecule has 0 atom stereocenters. The second-order valence-electron chi connectivity index (χ2n) is 4.05. The van der Waals surface area contributed by atoms with Crippen LogP contribution in [-0.2, 0) is 0 Å². The largest absolute Gasteiger partial charge is 0.417 e. The van der Waals surface area contributed by atoms with E-state index in [4.69, 9.17) is 9.68 Å². The fourth-order valence-corrected chi connectivity index (χ4v) is 1.85. The molecule has 7 heteroatoms. The number of nitrogens with zero attached hydrogens (tertiary/aromatic N) is 3. The van der Waals surface area contributed by atoms with Gasteiger partial charge in [-0.1, -0.05) is 0 Å². The van der Waals surface area contributed by atoms with Crippen LogP contribution in [0.5, 0.6) is 0 Å². The van der Waals surface area contributed by atoms with Gasteiger partial charge in [-0.25, -0.2) is 14.8 Å². The number of H-pyrrole nitrogens is 1. The predicted octanol–water partition coefficient (Wildman–Crippen LogP) is 1.49. The minimum absolute atomic E-state index is 0.264. The normalized spacial score (nSPS) is 10.4. The van der Waals surface area contributed by atoms with Gasteiger partial charge in [0.15, 0.2) is 11.4 Å². The molecular formula is C13H9N5O2. The van der Waals surface area contributed by atoms with Gasteiger partial charge < -0.3 is 9.73 Å². The summed E-state index contributed by atoms with van der Waals surface area (Å²) in [6.07, 6.45) is 0. The third kappa shape index (κ3) is 1.99. The Labute approximate surface area is 112 Å². The van der Waals surface area contributed by atoms with Crippen molar-refractivity contribution >= 4 is 16.9 Å². The second kappa shape index (κ2) is 4.51. The Morgan fingerprint density at radius 2 is 2.20 bits per heavy atom. The van der Waals surface area contributed by atoms with E-state index in [9.17, 15) is 4.79 Å². The number of oxazole rings is 1. The zero-order valence-electron chi connectivity index (χ0n) is 10.5. The molecule has 0 aliphatic carbocycles. The van der Waals surface area contributed by atoms with Crippen LogP contribution in [0.1, 0.15) is 5.69 Å². The van der Waals surface area contributed by atoms with Crippen LogP contribution in [0.2, 0.25) is 0 Å². The lowest BCUT2D eigenvalue weighted by Crippen LogP contribution is -1.99. The fraction of sp³-hybridized carbons (Fsp3) is 0.0769. The quantitative estimate of drug-likeness (QED) is 0.728. The van der Waals surface area contributed by atoms with Gasteiger partial charge in [-0.05, 0) is 18.2 Å². The standard InChI is InChI=1S/C13H9N5O2/c1-15-11-5-8(6-14)16-12(18-11)7-2-3-10-9(4-7)17-13(19)20-10/h2-5H,1H3,(H,17,19)(H,15,16,18). The fourth-order valence-electron chi connectivity index (χ4n) is 1.85. The molecule has 0 unspecified atom stereocenters.